The lowest BCUT2D eigenvalue weighted by molar-refractivity contribution is 0.255. The van der Waals surface area contributed by atoms with Gasteiger partial charge in [-0.1, -0.05) is 31.0 Å². The van der Waals surface area contributed by atoms with Gasteiger partial charge >= 0.3 is 0 Å². The first kappa shape index (κ1) is 14.8. The number of nitrogens with one attached hydrogen (secondary N) is 1. The van der Waals surface area contributed by atoms with E-state index in [4.69, 9.17) is 11.6 Å². The summed E-state index contributed by atoms with van der Waals surface area (Å²) in [5.74, 6) is -0.341. The normalized spacial score (nSPS) is 21.3. The minimum atomic E-state index is -0.341. The van der Waals surface area contributed by atoms with E-state index in [0.29, 0.717) is 6.04 Å². The fourth-order valence-electron chi connectivity index (χ4n) is 2.66. The average Bonchev–Trinajstić information content (AvgIpc) is 2.60. The second kappa shape index (κ2) is 7.22. The van der Waals surface area contributed by atoms with Gasteiger partial charge in [-0.3, -0.25) is 4.90 Å². The molecule has 1 atom stereocenters. The Morgan fingerprint density at radius 3 is 3.05 bits per heavy atom. The van der Waals surface area contributed by atoms with E-state index < -0.39 is 0 Å². The first-order valence-electron chi connectivity index (χ1n) is 7.08. The molecule has 106 valence electrons. The topological polar surface area (TPSA) is 15.3 Å². The minimum Gasteiger partial charge on any atom is -0.313 e. The van der Waals surface area contributed by atoms with Crippen molar-refractivity contribution in [1.82, 2.24) is 10.2 Å². The summed E-state index contributed by atoms with van der Waals surface area (Å²) >= 11 is 5.84. The van der Waals surface area contributed by atoms with Crippen LogP contribution in [0.2, 0.25) is 5.02 Å². The number of benzene rings is 1. The Kier molecular flexibility index (Phi) is 5.61. The summed E-state index contributed by atoms with van der Waals surface area (Å²) < 4.78 is 13.1. The van der Waals surface area contributed by atoms with E-state index in [1.807, 2.05) is 6.07 Å². The fourth-order valence-corrected chi connectivity index (χ4v) is 2.86. The lowest BCUT2D eigenvalue weighted by Crippen LogP contribution is -2.37. The zero-order chi connectivity index (χ0) is 13.7. The summed E-state index contributed by atoms with van der Waals surface area (Å²) in [7, 11) is 0. The molecule has 0 amide bonds. The Balaban J connectivity index is 1.97. The van der Waals surface area contributed by atoms with Gasteiger partial charge in [0.05, 0.1) is 5.02 Å². The number of rotatable bonds is 4. The SMILES string of the molecule is CCCC1CN(Cc2ccc(F)c(Cl)c2)CCCN1. The Bertz CT molecular complexity index is 411. The second-order valence-electron chi connectivity index (χ2n) is 5.28. The van der Waals surface area contributed by atoms with Gasteiger partial charge in [0, 0.05) is 19.1 Å². The fraction of sp³-hybridized carbons (Fsp3) is 0.600. The Morgan fingerprint density at radius 2 is 2.32 bits per heavy atom. The average molecular weight is 285 g/mol. The van der Waals surface area contributed by atoms with Crippen molar-refractivity contribution in [2.45, 2.75) is 38.8 Å². The molecule has 0 aliphatic carbocycles. The maximum Gasteiger partial charge on any atom is 0.141 e. The predicted octanol–water partition coefficient (Wildman–Crippen LogP) is 3.44. The summed E-state index contributed by atoms with van der Waals surface area (Å²) in [5, 5.41) is 3.81. The zero-order valence-electron chi connectivity index (χ0n) is 11.5. The number of halogens is 2. The van der Waals surface area contributed by atoms with Gasteiger partial charge in [-0.2, -0.15) is 0 Å². The van der Waals surface area contributed by atoms with Crippen molar-refractivity contribution < 1.29 is 4.39 Å². The van der Waals surface area contributed by atoms with Gasteiger partial charge in [-0.15, -0.1) is 0 Å². The van der Waals surface area contributed by atoms with Gasteiger partial charge in [0.15, 0.2) is 0 Å². The third-order valence-electron chi connectivity index (χ3n) is 3.59. The highest BCUT2D eigenvalue weighted by Crippen LogP contribution is 2.18. The number of nitrogens with zero attached hydrogens (tertiary/aromatic N) is 1. The molecule has 1 heterocycles. The van der Waals surface area contributed by atoms with Crippen LogP contribution >= 0.6 is 11.6 Å². The third-order valence-corrected chi connectivity index (χ3v) is 3.88. The summed E-state index contributed by atoms with van der Waals surface area (Å²) in [4.78, 5) is 2.43. The molecule has 1 saturated heterocycles. The smallest absolute Gasteiger partial charge is 0.141 e. The van der Waals surface area contributed by atoms with Crippen molar-refractivity contribution in [2.75, 3.05) is 19.6 Å². The molecule has 1 aliphatic rings. The first-order chi connectivity index (χ1) is 9.19. The molecule has 0 bridgehead atoms. The highest BCUT2D eigenvalue weighted by molar-refractivity contribution is 6.30. The molecule has 2 nitrogen and oxygen atoms in total. The van der Waals surface area contributed by atoms with Gasteiger partial charge in [0.2, 0.25) is 0 Å². The quantitative estimate of drug-likeness (QED) is 0.911. The maximum absolute atomic E-state index is 13.1. The summed E-state index contributed by atoms with van der Waals surface area (Å²) in [6.07, 6.45) is 3.57. The largest absolute Gasteiger partial charge is 0.313 e. The molecule has 1 aliphatic heterocycles. The van der Waals surface area contributed by atoms with E-state index in [-0.39, 0.29) is 10.8 Å². The van der Waals surface area contributed by atoms with Crippen molar-refractivity contribution in [2.24, 2.45) is 0 Å². The Labute approximate surface area is 119 Å². The number of hydrogen-bond donors (Lipinski definition) is 1. The third kappa shape index (κ3) is 4.44. The molecule has 2 rings (SSSR count). The van der Waals surface area contributed by atoms with Crippen LogP contribution in [0.3, 0.4) is 0 Å². The molecule has 19 heavy (non-hydrogen) atoms. The lowest BCUT2D eigenvalue weighted by Gasteiger charge is -2.24. The van der Waals surface area contributed by atoms with Gasteiger partial charge in [0.1, 0.15) is 5.82 Å². The van der Waals surface area contributed by atoms with Crippen molar-refractivity contribution in [3.63, 3.8) is 0 Å². The standard InChI is InChI=1S/C15H22ClFN2/c1-2-4-13-11-19(8-3-7-18-13)10-12-5-6-15(17)14(16)9-12/h5-6,9,13,18H,2-4,7-8,10-11H2,1H3. The molecular weight excluding hydrogens is 263 g/mol. The van der Waals surface area contributed by atoms with E-state index in [1.54, 1.807) is 6.07 Å². The van der Waals surface area contributed by atoms with Gasteiger partial charge in [-0.05, 0) is 43.6 Å². The van der Waals surface area contributed by atoms with Crippen LogP contribution in [0.25, 0.3) is 0 Å². The molecule has 0 aromatic heterocycles. The van der Waals surface area contributed by atoms with Crippen molar-refractivity contribution in [1.29, 1.82) is 0 Å². The van der Waals surface area contributed by atoms with Gasteiger partial charge < -0.3 is 5.32 Å². The maximum atomic E-state index is 13.1. The van der Waals surface area contributed by atoms with Gasteiger partial charge in [0.25, 0.3) is 0 Å². The molecular formula is C15H22ClFN2. The van der Waals surface area contributed by atoms with E-state index >= 15 is 0 Å². The molecule has 1 aromatic rings. The molecule has 0 saturated carbocycles. The molecule has 1 unspecified atom stereocenters. The van der Waals surface area contributed by atoms with E-state index in [1.165, 1.54) is 18.9 Å². The summed E-state index contributed by atoms with van der Waals surface area (Å²) in [6.45, 7) is 6.30. The van der Waals surface area contributed by atoms with Crippen LogP contribution in [0.15, 0.2) is 18.2 Å². The van der Waals surface area contributed by atoms with Crippen molar-refractivity contribution >= 4 is 11.6 Å². The molecule has 0 spiro atoms. The summed E-state index contributed by atoms with van der Waals surface area (Å²) in [5.41, 5.74) is 1.09. The summed E-state index contributed by atoms with van der Waals surface area (Å²) in [6, 6.07) is 5.60. The van der Waals surface area contributed by atoms with Crippen LogP contribution < -0.4 is 5.32 Å². The molecule has 0 radical (unpaired) electrons. The molecule has 1 fully saturated rings. The highest BCUT2D eigenvalue weighted by atomic mass is 35.5. The zero-order valence-corrected chi connectivity index (χ0v) is 12.2. The van der Waals surface area contributed by atoms with Crippen LogP contribution in [0.1, 0.15) is 31.7 Å². The molecule has 1 N–H and O–H groups in total. The first-order valence-corrected chi connectivity index (χ1v) is 7.46. The lowest BCUT2D eigenvalue weighted by atomic mass is 10.1. The van der Waals surface area contributed by atoms with Gasteiger partial charge in [-0.25, -0.2) is 4.39 Å². The van der Waals surface area contributed by atoms with E-state index in [2.05, 4.69) is 17.1 Å². The van der Waals surface area contributed by atoms with Crippen LogP contribution in [0.5, 0.6) is 0 Å². The van der Waals surface area contributed by atoms with Crippen molar-refractivity contribution in [3.8, 4) is 0 Å². The van der Waals surface area contributed by atoms with Crippen LogP contribution in [-0.2, 0) is 6.54 Å². The second-order valence-corrected chi connectivity index (χ2v) is 5.68. The van der Waals surface area contributed by atoms with E-state index in [0.717, 1.165) is 38.2 Å². The highest BCUT2D eigenvalue weighted by Gasteiger charge is 2.17. The monoisotopic (exact) mass is 284 g/mol. The van der Waals surface area contributed by atoms with Crippen LogP contribution in [0.4, 0.5) is 4.39 Å². The van der Waals surface area contributed by atoms with Crippen molar-refractivity contribution in [3.05, 3.63) is 34.6 Å². The van der Waals surface area contributed by atoms with Crippen LogP contribution in [-0.4, -0.2) is 30.6 Å². The predicted molar refractivity (Wildman–Crippen MR) is 78.0 cm³/mol. The molecule has 1 aromatic carbocycles. The van der Waals surface area contributed by atoms with E-state index in [9.17, 15) is 4.39 Å². The number of hydrogen-bond acceptors (Lipinski definition) is 2. The minimum absolute atomic E-state index is 0.218. The van der Waals surface area contributed by atoms with Crippen LogP contribution in [0, 0.1) is 5.82 Å². The molecule has 4 heteroatoms. The Hall–Kier alpha value is -0.640. The Morgan fingerprint density at radius 1 is 1.47 bits per heavy atom.